The van der Waals surface area contributed by atoms with Crippen LogP contribution in [0.2, 0.25) is 5.02 Å². The number of hydrogen-bond acceptors (Lipinski definition) is 5. The number of amides is 3. The number of rotatable bonds is 5. The number of anilines is 1. The van der Waals surface area contributed by atoms with E-state index in [1.807, 2.05) is 0 Å². The van der Waals surface area contributed by atoms with Crippen LogP contribution < -0.4 is 15.4 Å². The number of non-ortho nitro benzene ring substituents is 1. The minimum Gasteiger partial charge on any atom is -0.457 e. The molecule has 3 rings (SSSR count). The predicted molar refractivity (Wildman–Crippen MR) is 108 cm³/mol. The van der Waals surface area contributed by atoms with Gasteiger partial charge in [-0.15, -0.1) is 0 Å². The number of benzene rings is 3. The SMILES string of the molecule is O=C(NC(=O)c1ccccc1Cl)Nc1ccc(Oc2ccc([N+](=O)[O-])cc2)cc1. The number of carbonyl (C=O) groups is 2. The third-order valence-electron chi connectivity index (χ3n) is 3.74. The van der Waals surface area contributed by atoms with Gasteiger partial charge in [0.05, 0.1) is 15.5 Å². The maximum atomic E-state index is 12.1. The lowest BCUT2D eigenvalue weighted by molar-refractivity contribution is -0.384. The Kier molecular flexibility index (Phi) is 6.06. The summed E-state index contributed by atoms with van der Waals surface area (Å²) in [6.07, 6.45) is 0. The second-order valence-corrected chi connectivity index (χ2v) is 6.17. The number of hydrogen-bond donors (Lipinski definition) is 2. The highest BCUT2D eigenvalue weighted by Gasteiger charge is 2.13. The van der Waals surface area contributed by atoms with Crippen molar-refractivity contribution in [2.75, 3.05) is 5.32 Å². The van der Waals surface area contributed by atoms with Gasteiger partial charge in [0.25, 0.3) is 11.6 Å². The number of ether oxygens (including phenoxy) is 1. The Hall–Kier alpha value is -3.91. The zero-order valence-electron chi connectivity index (χ0n) is 14.8. The van der Waals surface area contributed by atoms with Gasteiger partial charge < -0.3 is 10.1 Å². The van der Waals surface area contributed by atoms with Gasteiger partial charge in [0.2, 0.25) is 0 Å². The van der Waals surface area contributed by atoms with Gasteiger partial charge in [-0.3, -0.25) is 20.2 Å². The first kappa shape index (κ1) is 19.8. The fourth-order valence-corrected chi connectivity index (χ4v) is 2.58. The Labute approximate surface area is 170 Å². The van der Waals surface area contributed by atoms with Crippen molar-refractivity contribution < 1.29 is 19.2 Å². The van der Waals surface area contributed by atoms with E-state index in [1.54, 1.807) is 42.5 Å². The van der Waals surface area contributed by atoms with Gasteiger partial charge in [0.1, 0.15) is 11.5 Å². The van der Waals surface area contributed by atoms with Crippen molar-refractivity contribution in [3.8, 4) is 11.5 Å². The van der Waals surface area contributed by atoms with Gasteiger partial charge in [0.15, 0.2) is 0 Å². The zero-order chi connectivity index (χ0) is 20.8. The summed E-state index contributed by atoms with van der Waals surface area (Å²) in [5.74, 6) is 0.280. The maximum absolute atomic E-state index is 12.1. The smallest absolute Gasteiger partial charge is 0.326 e. The second-order valence-electron chi connectivity index (χ2n) is 5.77. The van der Waals surface area contributed by atoms with Crippen molar-refractivity contribution >= 4 is 34.9 Å². The van der Waals surface area contributed by atoms with E-state index in [-0.39, 0.29) is 16.3 Å². The highest BCUT2D eigenvalue weighted by Crippen LogP contribution is 2.25. The van der Waals surface area contributed by atoms with Gasteiger partial charge in [0, 0.05) is 17.8 Å². The number of nitrogens with zero attached hydrogens (tertiary/aromatic N) is 1. The van der Waals surface area contributed by atoms with Crippen molar-refractivity contribution in [2.45, 2.75) is 0 Å². The average Bonchev–Trinajstić information content (AvgIpc) is 2.70. The number of halogens is 1. The lowest BCUT2D eigenvalue weighted by atomic mass is 10.2. The highest BCUT2D eigenvalue weighted by molar-refractivity contribution is 6.34. The Morgan fingerprint density at radius 3 is 2.07 bits per heavy atom. The van der Waals surface area contributed by atoms with Crippen LogP contribution in [0.4, 0.5) is 16.2 Å². The summed E-state index contributed by atoms with van der Waals surface area (Å²) < 4.78 is 5.59. The van der Waals surface area contributed by atoms with Crippen molar-refractivity contribution in [1.29, 1.82) is 0 Å². The molecule has 0 saturated carbocycles. The molecular formula is C20H14ClN3O5. The first-order valence-electron chi connectivity index (χ1n) is 8.31. The Morgan fingerprint density at radius 2 is 1.48 bits per heavy atom. The number of urea groups is 1. The Morgan fingerprint density at radius 1 is 0.897 bits per heavy atom. The molecule has 9 heteroatoms. The molecule has 0 saturated heterocycles. The van der Waals surface area contributed by atoms with Crippen molar-refractivity contribution in [1.82, 2.24) is 5.32 Å². The molecule has 0 heterocycles. The van der Waals surface area contributed by atoms with E-state index in [9.17, 15) is 19.7 Å². The van der Waals surface area contributed by atoms with E-state index in [0.29, 0.717) is 17.2 Å². The molecule has 0 radical (unpaired) electrons. The molecular weight excluding hydrogens is 398 g/mol. The molecule has 3 aromatic rings. The summed E-state index contributed by atoms with van der Waals surface area (Å²) in [6.45, 7) is 0. The van der Waals surface area contributed by atoms with Crippen LogP contribution >= 0.6 is 11.6 Å². The van der Waals surface area contributed by atoms with Gasteiger partial charge in [-0.2, -0.15) is 0 Å². The van der Waals surface area contributed by atoms with Gasteiger partial charge in [-0.25, -0.2) is 4.79 Å². The summed E-state index contributed by atoms with van der Waals surface area (Å²) >= 11 is 5.93. The largest absolute Gasteiger partial charge is 0.457 e. The summed E-state index contributed by atoms with van der Waals surface area (Å²) in [6, 6.07) is 17.7. The molecule has 8 nitrogen and oxygen atoms in total. The van der Waals surface area contributed by atoms with Crippen molar-refractivity contribution in [2.24, 2.45) is 0 Å². The molecule has 146 valence electrons. The third kappa shape index (κ3) is 5.30. The first-order valence-corrected chi connectivity index (χ1v) is 8.69. The lowest BCUT2D eigenvalue weighted by Crippen LogP contribution is -2.34. The monoisotopic (exact) mass is 411 g/mol. The lowest BCUT2D eigenvalue weighted by Gasteiger charge is -2.09. The molecule has 0 aliphatic heterocycles. The summed E-state index contributed by atoms with van der Waals surface area (Å²) in [5, 5.41) is 15.6. The molecule has 0 aliphatic carbocycles. The minimum absolute atomic E-state index is 0.0331. The molecule has 0 aliphatic rings. The molecule has 0 fully saturated rings. The average molecular weight is 412 g/mol. The van der Waals surface area contributed by atoms with Crippen LogP contribution in [0.3, 0.4) is 0 Å². The Balaban J connectivity index is 1.57. The fraction of sp³-hybridized carbons (Fsp3) is 0. The fourth-order valence-electron chi connectivity index (χ4n) is 2.36. The molecule has 3 aromatic carbocycles. The summed E-state index contributed by atoms with van der Waals surface area (Å²) in [7, 11) is 0. The van der Waals surface area contributed by atoms with Gasteiger partial charge in [-0.1, -0.05) is 23.7 Å². The molecule has 29 heavy (non-hydrogen) atoms. The number of nitrogens with one attached hydrogen (secondary N) is 2. The Bertz CT molecular complexity index is 1050. The topological polar surface area (TPSA) is 111 Å². The van der Waals surface area contributed by atoms with Crippen LogP contribution in [0.1, 0.15) is 10.4 Å². The van der Waals surface area contributed by atoms with Crippen LogP contribution in [0, 0.1) is 10.1 Å². The number of nitro groups is 1. The zero-order valence-corrected chi connectivity index (χ0v) is 15.6. The minimum atomic E-state index is -0.709. The van der Waals surface area contributed by atoms with E-state index in [0.717, 1.165) is 0 Å². The van der Waals surface area contributed by atoms with E-state index in [1.165, 1.54) is 30.3 Å². The van der Waals surface area contributed by atoms with Crippen LogP contribution in [-0.2, 0) is 0 Å². The van der Waals surface area contributed by atoms with Crippen LogP contribution in [0.25, 0.3) is 0 Å². The summed E-state index contributed by atoms with van der Waals surface area (Å²) in [4.78, 5) is 34.2. The van der Waals surface area contributed by atoms with Crippen LogP contribution in [0.15, 0.2) is 72.8 Å². The van der Waals surface area contributed by atoms with Crippen LogP contribution in [0.5, 0.6) is 11.5 Å². The molecule has 0 spiro atoms. The quantitative estimate of drug-likeness (QED) is 0.453. The maximum Gasteiger partial charge on any atom is 0.326 e. The summed E-state index contributed by atoms with van der Waals surface area (Å²) in [5.41, 5.74) is 0.593. The highest BCUT2D eigenvalue weighted by atomic mass is 35.5. The molecule has 0 bridgehead atoms. The molecule has 0 aromatic heterocycles. The molecule has 2 N–H and O–H groups in total. The van der Waals surface area contributed by atoms with Gasteiger partial charge >= 0.3 is 6.03 Å². The second kappa shape index (κ2) is 8.85. The molecule has 0 atom stereocenters. The normalized spacial score (nSPS) is 10.1. The van der Waals surface area contributed by atoms with E-state index in [4.69, 9.17) is 16.3 Å². The number of nitro benzene ring substituents is 1. The molecule has 3 amide bonds. The van der Waals surface area contributed by atoms with Crippen LogP contribution in [-0.4, -0.2) is 16.9 Å². The number of imide groups is 1. The van der Waals surface area contributed by atoms with Crippen molar-refractivity contribution in [3.63, 3.8) is 0 Å². The first-order chi connectivity index (χ1) is 13.9. The molecule has 0 unspecified atom stereocenters. The number of carbonyl (C=O) groups excluding carboxylic acids is 2. The van der Waals surface area contributed by atoms with E-state index in [2.05, 4.69) is 10.6 Å². The van der Waals surface area contributed by atoms with Crippen molar-refractivity contribution in [3.05, 3.63) is 93.5 Å². The van der Waals surface area contributed by atoms with E-state index < -0.39 is 16.9 Å². The third-order valence-corrected chi connectivity index (χ3v) is 4.07. The standard InChI is InChI=1S/C20H14ClN3O5/c21-18-4-2-1-3-17(18)19(25)23-20(26)22-13-5-9-15(10-6-13)29-16-11-7-14(8-12-16)24(27)28/h1-12H,(H2,22,23,25,26). The van der Waals surface area contributed by atoms with E-state index >= 15 is 0 Å². The van der Waals surface area contributed by atoms with Gasteiger partial charge in [-0.05, 0) is 48.5 Å². The predicted octanol–water partition coefficient (Wildman–Crippen LogP) is 5.00.